The normalized spacial score (nSPS) is 13.2. The summed E-state index contributed by atoms with van der Waals surface area (Å²) in [5.41, 5.74) is 0.849. The molecule has 13 heavy (non-hydrogen) atoms. The largest absolute Gasteiger partial charge is 0.388 e. The monoisotopic (exact) mass is 184 g/mol. The Labute approximate surface area is 78.1 Å². The highest BCUT2D eigenvalue weighted by Gasteiger charge is 2.08. The maximum atomic E-state index is 9.63. The van der Waals surface area contributed by atoms with Crippen LogP contribution in [0, 0.1) is 0 Å². The molecule has 4 heteroatoms. The van der Waals surface area contributed by atoms with Gasteiger partial charge in [-0.25, -0.2) is 0 Å². The lowest BCUT2D eigenvalue weighted by molar-refractivity contribution is 0.0886. The van der Waals surface area contributed by atoms with E-state index in [-0.39, 0.29) is 0 Å². The number of rotatable bonds is 5. The summed E-state index contributed by atoms with van der Waals surface area (Å²) in [5, 5.41) is 13.6. The minimum absolute atomic E-state index is 0.458. The van der Waals surface area contributed by atoms with E-state index in [0.29, 0.717) is 19.6 Å². The van der Waals surface area contributed by atoms with Gasteiger partial charge in [-0.15, -0.1) is 0 Å². The molecule has 0 saturated heterocycles. The summed E-state index contributed by atoms with van der Waals surface area (Å²) in [6.07, 6.45) is 3.66. The SMILES string of the molecule is CCOCCC(O)c1cnn(C)c1. The Morgan fingerprint density at radius 2 is 2.46 bits per heavy atom. The number of hydrogen-bond acceptors (Lipinski definition) is 3. The van der Waals surface area contributed by atoms with Crippen molar-refractivity contribution in [1.82, 2.24) is 9.78 Å². The van der Waals surface area contributed by atoms with Gasteiger partial charge >= 0.3 is 0 Å². The Balaban J connectivity index is 2.35. The summed E-state index contributed by atoms with van der Waals surface area (Å²) in [6.45, 7) is 3.22. The number of hydrogen-bond donors (Lipinski definition) is 1. The second-order valence-electron chi connectivity index (χ2n) is 2.95. The van der Waals surface area contributed by atoms with Crippen LogP contribution >= 0.6 is 0 Å². The summed E-state index contributed by atoms with van der Waals surface area (Å²) in [4.78, 5) is 0. The molecule has 1 N–H and O–H groups in total. The number of aliphatic hydroxyl groups is 1. The van der Waals surface area contributed by atoms with Crippen molar-refractivity contribution >= 4 is 0 Å². The molecule has 1 rings (SSSR count). The van der Waals surface area contributed by atoms with Crippen LogP contribution in [0.2, 0.25) is 0 Å². The molecule has 4 nitrogen and oxygen atoms in total. The molecule has 1 unspecified atom stereocenters. The van der Waals surface area contributed by atoms with Gasteiger partial charge < -0.3 is 9.84 Å². The Hall–Kier alpha value is -0.870. The minimum atomic E-state index is -0.458. The van der Waals surface area contributed by atoms with Gasteiger partial charge in [0.05, 0.1) is 12.3 Å². The van der Waals surface area contributed by atoms with Crippen LogP contribution in [0.1, 0.15) is 25.0 Å². The first-order valence-corrected chi connectivity index (χ1v) is 4.48. The maximum absolute atomic E-state index is 9.63. The fourth-order valence-electron chi connectivity index (χ4n) is 1.12. The highest BCUT2D eigenvalue weighted by Crippen LogP contribution is 2.14. The number of aromatic nitrogens is 2. The first kappa shape index (κ1) is 10.2. The molecule has 0 bridgehead atoms. The van der Waals surface area contributed by atoms with E-state index in [2.05, 4.69) is 5.10 Å². The second kappa shape index (κ2) is 4.99. The van der Waals surface area contributed by atoms with Crippen molar-refractivity contribution in [3.8, 4) is 0 Å². The molecular weight excluding hydrogens is 168 g/mol. The predicted octanol–water partition coefficient (Wildman–Crippen LogP) is 0.880. The molecule has 1 heterocycles. The zero-order valence-corrected chi connectivity index (χ0v) is 8.10. The van der Waals surface area contributed by atoms with Crippen molar-refractivity contribution in [2.45, 2.75) is 19.4 Å². The molecule has 0 aliphatic rings. The van der Waals surface area contributed by atoms with Gasteiger partial charge in [-0.1, -0.05) is 0 Å². The number of aliphatic hydroxyl groups excluding tert-OH is 1. The van der Waals surface area contributed by atoms with E-state index in [1.807, 2.05) is 20.2 Å². The summed E-state index contributed by atoms with van der Waals surface area (Å²) >= 11 is 0. The molecular formula is C9H16N2O2. The van der Waals surface area contributed by atoms with E-state index in [4.69, 9.17) is 4.74 Å². The molecule has 1 aromatic heterocycles. The van der Waals surface area contributed by atoms with Gasteiger partial charge in [0, 0.05) is 38.4 Å². The van der Waals surface area contributed by atoms with E-state index >= 15 is 0 Å². The van der Waals surface area contributed by atoms with Crippen molar-refractivity contribution in [1.29, 1.82) is 0 Å². The second-order valence-corrected chi connectivity index (χ2v) is 2.95. The van der Waals surface area contributed by atoms with Crippen LogP contribution in [-0.4, -0.2) is 28.1 Å². The average Bonchev–Trinajstić information content (AvgIpc) is 2.52. The standard InChI is InChI=1S/C9H16N2O2/c1-3-13-5-4-9(12)8-6-10-11(2)7-8/h6-7,9,12H,3-5H2,1-2H3. The number of aryl methyl sites for hydroxylation is 1. The first-order valence-electron chi connectivity index (χ1n) is 4.48. The summed E-state index contributed by atoms with van der Waals surface area (Å²) in [7, 11) is 1.83. The topological polar surface area (TPSA) is 47.3 Å². The number of ether oxygens (including phenoxy) is 1. The van der Waals surface area contributed by atoms with Crippen molar-refractivity contribution < 1.29 is 9.84 Å². The lowest BCUT2D eigenvalue weighted by Gasteiger charge is -2.07. The maximum Gasteiger partial charge on any atom is 0.0842 e. The number of nitrogens with zero attached hydrogens (tertiary/aromatic N) is 2. The Kier molecular flexibility index (Phi) is 3.92. The Bertz CT molecular complexity index is 248. The Morgan fingerprint density at radius 3 is 3.00 bits per heavy atom. The van der Waals surface area contributed by atoms with Crippen LogP contribution < -0.4 is 0 Å². The van der Waals surface area contributed by atoms with Crippen LogP contribution in [0.15, 0.2) is 12.4 Å². The van der Waals surface area contributed by atoms with Gasteiger partial charge in [-0.3, -0.25) is 4.68 Å². The zero-order chi connectivity index (χ0) is 9.68. The van der Waals surface area contributed by atoms with Crippen LogP contribution in [-0.2, 0) is 11.8 Å². The quantitative estimate of drug-likeness (QED) is 0.691. The minimum Gasteiger partial charge on any atom is -0.388 e. The molecule has 0 radical (unpaired) electrons. The smallest absolute Gasteiger partial charge is 0.0842 e. The summed E-state index contributed by atoms with van der Waals surface area (Å²) < 4.78 is 6.83. The van der Waals surface area contributed by atoms with Gasteiger partial charge in [-0.2, -0.15) is 5.10 Å². The third-order valence-corrected chi connectivity index (χ3v) is 1.85. The van der Waals surface area contributed by atoms with Crippen molar-refractivity contribution in [2.75, 3.05) is 13.2 Å². The van der Waals surface area contributed by atoms with Crippen LogP contribution in [0.25, 0.3) is 0 Å². The third kappa shape index (κ3) is 3.16. The summed E-state index contributed by atoms with van der Waals surface area (Å²) in [6, 6.07) is 0. The third-order valence-electron chi connectivity index (χ3n) is 1.85. The Morgan fingerprint density at radius 1 is 1.69 bits per heavy atom. The van der Waals surface area contributed by atoms with Gasteiger partial charge in [0.2, 0.25) is 0 Å². The molecule has 0 saturated carbocycles. The van der Waals surface area contributed by atoms with E-state index in [0.717, 1.165) is 5.56 Å². The average molecular weight is 184 g/mol. The zero-order valence-electron chi connectivity index (χ0n) is 8.10. The van der Waals surface area contributed by atoms with Crippen LogP contribution in [0.3, 0.4) is 0 Å². The van der Waals surface area contributed by atoms with Gasteiger partial charge in [-0.05, 0) is 6.92 Å². The van der Waals surface area contributed by atoms with E-state index < -0.39 is 6.10 Å². The fourth-order valence-corrected chi connectivity index (χ4v) is 1.12. The molecule has 0 aromatic carbocycles. The van der Waals surface area contributed by atoms with E-state index in [9.17, 15) is 5.11 Å². The molecule has 0 amide bonds. The highest BCUT2D eigenvalue weighted by atomic mass is 16.5. The van der Waals surface area contributed by atoms with Crippen molar-refractivity contribution in [3.05, 3.63) is 18.0 Å². The van der Waals surface area contributed by atoms with E-state index in [1.54, 1.807) is 10.9 Å². The molecule has 74 valence electrons. The predicted molar refractivity (Wildman–Crippen MR) is 49.3 cm³/mol. The van der Waals surface area contributed by atoms with E-state index in [1.165, 1.54) is 0 Å². The summed E-state index contributed by atoms with van der Waals surface area (Å²) in [5.74, 6) is 0. The molecule has 0 aliphatic carbocycles. The molecule has 0 aliphatic heterocycles. The highest BCUT2D eigenvalue weighted by molar-refractivity contribution is 5.07. The van der Waals surface area contributed by atoms with Gasteiger partial charge in [0.1, 0.15) is 0 Å². The molecule has 0 spiro atoms. The fraction of sp³-hybridized carbons (Fsp3) is 0.667. The first-order chi connectivity index (χ1) is 6.24. The van der Waals surface area contributed by atoms with Crippen LogP contribution in [0.5, 0.6) is 0 Å². The van der Waals surface area contributed by atoms with Gasteiger partial charge in [0.15, 0.2) is 0 Å². The lowest BCUT2D eigenvalue weighted by Crippen LogP contribution is -2.02. The lowest BCUT2D eigenvalue weighted by atomic mass is 10.1. The molecule has 1 atom stereocenters. The van der Waals surface area contributed by atoms with Crippen LogP contribution in [0.4, 0.5) is 0 Å². The van der Waals surface area contributed by atoms with Crippen molar-refractivity contribution in [3.63, 3.8) is 0 Å². The molecule has 0 fully saturated rings. The van der Waals surface area contributed by atoms with Gasteiger partial charge in [0.25, 0.3) is 0 Å². The molecule has 1 aromatic rings. The van der Waals surface area contributed by atoms with Crippen molar-refractivity contribution in [2.24, 2.45) is 7.05 Å².